The number of hydrogen-bond acceptors (Lipinski definition) is 2. The van der Waals surface area contributed by atoms with Crippen LogP contribution in [0.2, 0.25) is 0 Å². The third-order valence-corrected chi connectivity index (χ3v) is 4.93. The summed E-state index contributed by atoms with van der Waals surface area (Å²) in [6.07, 6.45) is 10.9. The van der Waals surface area contributed by atoms with Crippen molar-refractivity contribution in [2.45, 2.75) is 52.0 Å². The zero-order valence-electron chi connectivity index (χ0n) is 16.2. The van der Waals surface area contributed by atoms with Gasteiger partial charge < -0.3 is 9.88 Å². The van der Waals surface area contributed by atoms with Gasteiger partial charge in [-0.2, -0.15) is 0 Å². The van der Waals surface area contributed by atoms with Crippen LogP contribution >= 0.6 is 0 Å². The average Bonchev–Trinajstić information content (AvgIpc) is 3.14. The molecule has 0 aliphatic carbocycles. The van der Waals surface area contributed by atoms with Crippen LogP contribution in [0, 0.1) is 0 Å². The minimum absolute atomic E-state index is 0.0589. The smallest absolute Gasteiger partial charge is 0.270 e. The van der Waals surface area contributed by atoms with Gasteiger partial charge in [0.15, 0.2) is 0 Å². The van der Waals surface area contributed by atoms with Crippen LogP contribution < -0.4 is 0 Å². The number of hydrogen-bond donors (Lipinski definition) is 1. The van der Waals surface area contributed by atoms with Crippen LogP contribution in [0.25, 0.3) is 10.9 Å². The van der Waals surface area contributed by atoms with Crippen molar-refractivity contribution in [1.82, 2.24) is 14.9 Å². The van der Waals surface area contributed by atoms with Crippen molar-refractivity contribution in [2.75, 3.05) is 6.54 Å². The van der Waals surface area contributed by atoms with Gasteiger partial charge in [-0.3, -0.25) is 9.78 Å². The molecule has 0 spiro atoms. The zero-order chi connectivity index (χ0) is 18.9. The molecule has 0 bridgehead atoms. The topological polar surface area (TPSA) is 49.0 Å². The van der Waals surface area contributed by atoms with Gasteiger partial charge in [0, 0.05) is 36.4 Å². The standard InChI is InChI=1S/C23H29N3O/c1-2-3-4-5-6-9-15-26(18-19-11-10-14-24-17-19)23(27)22-16-20-12-7-8-13-21(20)25-22/h7-8,10-14,16-17,25H,2-6,9,15,18H2,1H3. The lowest BCUT2D eigenvalue weighted by Gasteiger charge is -2.22. The minimum atomic E-state index is 0.0589. The van der Waals surface area contributed by atoms with Crippen LogP contribution in [0.3, 0.4) is 0 Å². The number of H-pyrrole nitrogens is 1. The molecular formula is C23H29N3O. The average molecular weight is 364 g/mol. The number of nitrogens with one attached hydrogen (secondary N) is 1. The van der Waals surface area contributed by atoms with Gasteiger partial charge in [-0.1, -0.05) is 63.3 Å². The Balaban J connectivity index is 1.68. The molecule has 0 fully saturated rings. The molecule has 0 atom stereocenters. The quantitative estimate of drug-likeness (QED) is 0.479. The van der Waals surface area contributed by atoms with E-state index in [9.17, 15) is 4.79 Å². The van der Waals surface area contributed by atoms with Gasteiger partial charge >= 0.3 is 0 Å². The number of aromatic amines is 1. The number of carbonyl (C=O) groups excluding carboxylic acids is 1. The molecular weight excluding hydrogens is 334 g/mol. The fourth-order valence-electron chi connectivity index (χ4n) is 3.41. The molecule has 1 amide bonds. The molecule has 0 saturated carbocycles. The third-order valence-electron chi connectivity index (χ3n) is 4.93. The van der Waals surface area contributed by atoms with Crippen molar-refractivity contribution in [2.24, 2.45) is 0 Å². The molecule has 27 heavy (non-hydrogen) atoms. The van der Waals surface area contributed by atoms with Crippen LogP contribution in [0.4, 0.5) is 0 Å². The summed E-state index contributed by atoms with van der Waals surface area (Å²) in [5.41, 5.74) is 2.72. The molecule has 0 aliphatic rings. The monoisotopic (exact) mass is 363 g/mol. The summed E-state index contributed by atoms with van der Waals surface area (Å²) < 4.78 is 0. The third kappa shape index (κ3) is 5.43. The molecule has 2 aromatic heterocycles. The van der Waals surface area contributed by atoms with Crippen molar-refractivity contribution in [3.05, 3.63) is 66.1 Å². The lowest BCUT2D eigenvalue weighted by molar-refractivity contribution is 0.0734. The highest BCUT2D eigenvalue weighted by molar-refractivity contribution is 5.98. The number of rotatable bonds is 10. The Kier molecular flexibility index (Phi) is 7.03. The Morgan fingerprint density at radius 3 is 2.63 bits per heavy atom. The molecule has 4 heteroatoms. The van der Waals surface area contributed by atoms with Crippen molar-refractivity contribution >= 4 is 16.8 Å². The van der Waals surface area contributed by atoms with Gasteiger partial charge in [0.1, 0.15) is 5.69 Å². The Morgan fingerprint density at radius 1 is 1.04 bits per heavy atom. The number of benzene rings is 1. The molecule has 2 heterocycles. The lowest BCUT2D eigenvalue weighted by Crippen LogP contribution is -2.31. The Hall–Kier alpha value is -2.62. The first-order chi connectivity index (χ1) is 13.3. The van der Waals surface area contributed by atoms with E-state index in [4.69, 9.17) is 0 Å². The molecule has 0 unspecified atom stereocenters. The van der Waals surface area contributed by atoms with E-state index in [1.54, 1.807) is 6.20 Å². The van der Waals surface area contributed by atoms with Gasteiger partial charge in [0.25, 0.3) is 5.91 Å². The number of carbonyl (C=O) groups is 1. The highest BCUT2D eigenvalue weighted by atomic mass is 16.2. The van der Waals surface area contributed by atoms with E-state index in [2.05, 4.69) is 16.9 Å². The number of fused-ring (bicyclic) bond motifs is 1. The van der Waals surface area contributed by atoms with E-state index in [-0.39, 0.29) is 5.91 Å². The molecule has 3 aromatic rings. The predicted molar refractivity (Wildman–Crippen MR) is 111 cm³/mol. The molecule has 3 rings (SSSR count). The van der Waals surface area contributed by atoms with Crippen LogP contribution in [-0.2, 0) is 6.54 Å². The van der Waals surface area contributed by atoms with E-state index in [0.29, 0.717) is 12.2 Å². The molecule has 1 aromatic carbocycles. The molecule has 0 radical (unpaired) electrons. The first-order valence-electron chi connectivity index (χ1n) is 10.0. The maximum atomic E-state index is 13.2. The molecule has 4 nitrogen and oxygen atoms in total. The second kappa shape index (κ2) is 9.91. The van der Waals surface area contributed by atoms with Crippen molar-refractivity contribution < 1.29 is 4.79 Å². The van der Waals surface area contributed by atoms with Crippen LogP contribution in [0.15, 0.2) is 54.9 Å². The maximum absolute atomic E-state index is 13.2. The normalized spacial score (nSPS) is 11.0. The molecule has 142 valence electrons. The van der Waals surface area contributed by atoms with Gasteiger partial charge in [-0.15, -0.1) is 0 Å². The number of pyridine rings is 1. The first kappa shape index (κ1) is 19.2. The number of amides is 1. The largest absolute Gasteiger partial charge is 0.351 e. The number of nitrogens with zero attached hydrogens (tertiary/aromatic N) is 2. The highest BCUT2D eigenvalue weighted by Gasteiger charge is 2.18. The molecule has 1 N–H and O–H groups in total. The van der Waals surface area contributed by atoms with Gasteiger partial charge in [-0.25, -0.2) is 0 Å². The van der Waals surface area contributed by atoms with Crippen molar-refractivity contribution in [1.29, 1.82) is 0 Å². The highest BCUT2D eigenvalue weighted by Crippen LogP contribution is 2.18. The summed E-state index contributed by atoms with van der Waals surface area (Å²) in [4.78, 5) is 22.6. The second-order valence-corrected chi connectivity index (χ2v) is 7.13. The Bertz CT molecular complexity index is 808. The zero-order valence-corrected chi connectivity index (χ0v) is 16.2. The minimum Gasteiger partial charge on any atom is -0.351 e. The van der Waals surface area contributed by atoms with Gasteiger partial charge in [-0.05, 0) is 30.2 Å². The van der Waals surface area contributed by atoms with E-state index in [0.717, 1.165) is 29.4 Å². The fraction of sp³-hybridized carbons (Fsp3) is 0.391. The number of para-hydroxylation sites is 1. The second-order valence-electron chi connectivity index (χ2n) is 7.13. The van der Waals surface area contributed by atoms with Gasteiger partial charge in [0.05, 0.1) is 0 Å². The van der Waals surface area contributed by atoms with Crippen LogP contribution in [0.5, 0.6) is 0 Å². The van der Waals surface area contributed by atoms with Crippen LogP contribution in [0.1, 0.15) is 61.5 Å². The predicted octanol–water partition coefficient (Wildman–Crippen LogP) is 5.57. The number of unbranched alkanes of at least 4 members (excludes halogenated alkanes) is 5. The van der Waals surface area contributed by atoms with Crippen molar-refractivity contribution in [3.63, 3.8) is 0 Å². The Morgan fingerprint density at radius 2 is 1.85 bits per heavy atom. The van der Waals surface area contributed by atoms with Crippen molar-refractivity contribution in [3.8, 4) is 0 Å². The SMILES string of the molecule is CCCCCCCCN(Cc1cccnc1)C(=O)c1cc2ccccc2[nH]1. The summed E-state index contributed by atoms with van der Waals surface area (Å²) in [6, 6.07) is 13.9. The first-order valence-corrected chi connectivity index (χ1v) is 10.0. The fourth-order valence-corrected chi connectivity index (χ4v) is 3.41. The summed E-state index contributed by atoms with van der Waals surface area (Å²) in [7, 11) is 0. The van der Waals surface area contributed by atoms with E-state index >= 15 is 0 Å². The maximum Gasteiger partial charge on any atom is 0.270 e. The lowest BCUT2D eigenvalue weighted by atomic mass is 10.1. The Labute approximate surface area is 161 Å². The summed E-state index contributed by atoms with van der Waals surface area (Å²) in [6.45, 7) is 3.60. The summed E-state index contributed by atoms with van der Waals surface area (Å²) in [5, 5.41) is 1.07. The van der Waals surface area contributed by atoms with E-state index < -0.39 is 0 Å². The van der Waals surface area contributed by atoms with E-state index in [1.807, 2.05) is 53.6 Å². The van der Waals surface area contributed by atoms with E-state index in [1.165, 1.54) is 32.1 Å². The van der Waals surface area contributed by atoms with Gasteiger partial charge in [0.2, 0.25) is 0 Å². The molecule has 0 saturated heterocycles. The molecule has 0 aliphatic heterocycles. The summed E-state index contributed by atoms with van der Waals surface area (Å²) >= 11 is 0. The van der Waals surface area contributed by atoms with Crippen LogP contribution in [-0.4, -0.2) is 27.3 Å². The summed E-state index contributed by atoms with van der Waals surface area (Å²) in [5.74, 6) is 0.0589. The number of aromatic nitrogens is 2.